The molecule has 1 aliphatic rings. The maximum absolute atomic E-state index is 9.42. The molecule has 0 saturated carbocycles. The second-order valence-corrected chi connectivity index (χ2v) is 5.28. The number of aromatic nitrogens is 2. The molecule has 2 heterocycles. The van der Waals surface area contributed by atoms with Gasteiger partial charge in [0.15, 0.2) is 0 Å². The molecule has 5 nitrogen and oxygen atoms in total. The second kappa shape index (κ2) is 6.19. The largest absolute Gasteiger partial charge is 0.394 e. The topological polar surface area (TPSA) is 61.3 Å². The van der Waals surface area contributed by atoms with Crippen LogP contribution in [0, 0.1) is 6.92 Å². The number of rotatable bonds is 5. The zero-order valence-corrected chi connectivity index (χ0v) is 12.1. The van der Waals surface area contributed by atoms with Crippen LogP contribution in [0.15, 0.2) is 6.07 Å². The molecule has 1 fully saturated rings. The van der Waals surface area contributed by atoms with Crippen molar-refractivity contribution < 1.29 is 5.11 Å². The Bertz CT molecular complexity index is 424. The van der Waals surface area contributed by atoms with Gasteiger partial charge in [-0.15, -0.1) is 0 Å². The molecular weight excluding hydrogens is 240 g/mol. The fraction of sp³-hybridized carbons (Fsp3) is 0.714. The SMILES string of the molecule is CCC(C)Nc1cc(N2CCCC2CO)nc(C)n1. The van der Waals surface area contributed by atoms with Crippen molar-refractivity contribution in [3.05, 3.63) is 11.9 Å². The van der Waals surface area contributed by atoms with Crippen molar-refractivity contribution in [1.82, 2.24) is 9.97 Å². The summed E-state index contributed by atoms with van der Waals surface area (Å²) in [5.74, 6) is 2.57. The summed E-state index contributed by atoms with van der Waals surface area (Å²) in [6.45, 7) is 7.36. The van der Waals surface area contributed by atoms with Crippen LogP contribution in [0.5, 0.6) is 0 Å². The maximum atomic E-state index is 9.42. The molecule has 0 aromatic carbocycles. The van der Waals surface area contributed by atoms with E-state index in [0.717, 1.165) is 43.3 Å². The highest BCUT2D eigenvalue weighted by Crippen LogP contribution is 2.25. The van der Waals surface area contributed by atoms with Gasteiger partial charge < -0.3 is 15.3 Å². The van der Waals surface area contributed by atoms with Gasteiger partial charge in [0.2, 0.25) is 0 Å². The second-order valence-electron chi connectivity index (χ2n) is 5.28. The van der Waals surface area contributed by atoms with Gasteiger partial charge in [0, 0.05) is 18.7 Å². The summed E-state index contributed by atoms with van der Waals surface area (Å²) in [6, 6.07) is 2.59. The minimum atomic E-state index is 0.192. The lowest BCUT2D eigenvalue weighted by atomic mass is 10.2. The lowest BCUT2D eigenvalue weighted by Crippen LogP contribution is -2.33. The molecule has 2 unspecified atom stereocenters. The first-order valence-electron chi connectivity index (χ1n) is 7.13. The predicted molar refractivity (Wildman–Crippen MR) is 77.6 cm³/mol. The van der Waals surface area contributed by atoms with E-state index in [0.29, 0.717) is 6.04 Å². The summed E-state index contributed by atoms with van der Waals surface area (Å²) < 4.78 is 0. The van der Waals surface area contributed by atoms with E-state index in [9.17, 15) is 5.11 Å². The normalized spacial score (nSPS) is 20.6. The summed E-state index contributed by atoms with van der Waals surface area (Å²) >= 11 is 0. The van der Waals surface area contributed by atoms with Crippen LogP contribution in [0.25, 0.3) is 0 Å². The van der Waals surface area contributed by atoms with Crippen LogP contribution in [0.3, 0.4) is 0 Å². The third kappa shape index (κ3) is 3.35. The predicted octanol–water partition coefficient (Wildman–Crippen LogP) is 1.96. The average Bonchev–Trinajstić information content (AvgIpc) is 2.86. The summed E-state index contributed by atoms with van der Waals surface area (Å²) in [5, 5.41) is 12.8. The van der Waals surface area contributed by atoms with Crippen molar-refractivity contribution in [3.8, 4) is 0 Å². The summed E-state index contributed by atoms with van der Waals surface area (Å²) in [7, 11) is 0. The van der Waals surface area contributed by atoms with Gasteiger partial charge in [-0.05, 0) is 33.1 Å². The van der Waals surface area contributed by atoms with Gasteiger partial charge in [-0.25, -0.2) is 9.97 Å². The molecule has 0 amide bonds. The Labute approximate surface area is 115 Å². The number of anilines is 2. The average molecular weight is 264 g/mol. The quantitative estimate of drug-likeness (QED) is 0.851. The van der Waals surface area contributed by atoms with Crippen molar-refractivity contribution >= 4 is 11.6 Å². The summed E-state index contributed by atoms with van der Waals surface area (Å²) in [5.41, 5.74) is 0. The minimum Gasteiger partial charge on any atom is -0.394 e. The van der Waals surface area contributed by atoms with E-state index in [-0.39, 0.29) is 12.6 Å². The smallest absolute Gasteiger partial charge is 0.134 e. The van der Waals surface area contributed by atoms with Crippen LogP contribution in [0.4, 0.5) is 11.6 Å². The van der Waals surface area contributed by atoms with Crippen molar-refractivity contribution in [3.63, 3.8) is 0 Å². The summed E-state index contributed by atoms with van der Waals surface area (Å²) in [4.78, 5) is 11.1. The van der Waals surface area contributed by atoms with Crippen LogP contribution >= 0.6 is 0 Å². The zero-order valence-electron chi connectivity index (χ0n) is 12.1. The Morgan fingerprint density at radius 1 is 1.53 bits per heavy atom. The highest BCUT2D eigenvalue weighted by atomic mass is 16.3. The number of hydrogen-bond donors (Lipinski definition) is 2. The highest BCUT2D eigenvalue weighted by molar-refractivity contribution is 5.51. The van der Waals surface area contributed by atoms with Crippen LogP contribution < -0.4 is 10.2 Å². The van der Waals surface area contributed by atoms with E-state index in [1.54, 1.807) is 0 Å². The first-order chi connectivity index (χ1) is 9.13. The van der Waals surface area contributed by atoms with E-state index in [4.69, 9.17) is 0 Å². The molecule has 0 spiro atoms. The molecule has 0 radical (unpaired) electrons. The van der Waals surface area contributed by atoms with Gasteiger partial charge in [0.1, 0.15) is 17.5 Å². The fourth-order valence-electron chi connectivity index (χ4n) is 2.45. The van der Waals surface area contributed by atoms with Crippen molar-refractivity contribution in [2.45, 2.75) is 52.1 Å². The van der Waals surface area contributed by atoms with Crippen LogP contribution in [0.2, 0.25) is 0 Å². The Morgan fingerprint density at radius 2 is 2.32 bits per heavy atom. The van der Waals surface area contributed by atoms with Crippen LogP contribution in [-0.4, -0.2) is 40.3 Å². The van der Waals surface area contributed by atoms with Gasteiger partial charge in [0.05, 0.1) is 12.6 Å². The van der Waals surface area contributed by atoms with Gasteiger partial charge in [-0.1, -0.05) is 6.92 Å². The number of nitrogens with zero attached hydrogens (tertiary/aromatic N) is 3. The van der Waals surface area contributed by atoms with E-state index in [1.165, 1.54) is 0 Å². The van der Waals surface area contributed by atoms with E-state index in [2.05, 4.69) is 34.0 Å². The van der Waals surface area contributed by atoms with E-state index >= 15 is 0 Å². The van der Waals surface area contributed by atoms with Crippen molar-refractivity contribution in [2.24, 2.45) is 0 Å². The lowest BCUT2D eigenvalue weighted by Gasteiger charge is -2.25. The molecule has 1 aromatic heterocycles. The Hall–Kier alpha value is -1.36. The maximum Gasteiger partial charge on any atom is 0.134 e. The van der Waals surface area contributed by atoms with Crippen molar-refractivity contribution in [1.29, 1.82) is 0 Å². The van der Waals surface area contributed by atoms with Gasteiger partial charge in [-0.3, -0.25) is 0 Å². The number of aliphatic hydroxyl groups excluding tert-OH is 1. The van der Waals surface area contributed by atoms with Crippen LogP contribution in [0.1, 0.15) is 38.9 Å². The van der Waals surface area contributed by atoms with E-state index < -0.39 is 0 Å². The number of aryl methyl sites for hydroxylation is 1. The Morgan fingerprint density at radius 3 is 3.00 bits per heavy atom. The first-order valence-corrected chi connectivity index (χ1v) is 7.13. The third-order valence-corrected chi connectivity index (χ3v) is 3.71. The van der Waals surface area contributed by atoms with Gasteiger partial charge in [-0.2, -0.15) is 0 Å². The van der Waals surface area contributed by atoms with Crippen molar-refractivity contribution in [2.75, 3.05) is 23.4 Å². The highest BCUT2D eigenvalue weighted by Gasteiger charge is 2.25. The number of aliphatic hydroxyl groups is 1. The molecule has 1 saturated heterocycles. The molecule has 2 atom stereocenters. The molecule has 2 N–H and O–H groups in total. The van der Waals surface area contributed by atoms with Gasteiger partial charge >= 0.3 is 0 Å². The molecule has 5 heteroatoms. The van der Waals surface area contributed by atoms with Gasteiger partial charge in [0.25, 0.3) is 0 Å². The molecular formula is C14H24N4O. The molecule has 19 heavy (non-hydrogen) atoms. The fourth-order valence-corrected chi connectivity index (χ4v) is 2.45. The van der Waals surface area contributed by atoms with E-state index in [1.807, 2.05) is 13.0 Å². The number of hydrogen-bond acceptors (Lipinski definition) is 5. The lowest BCUT2D eigenvalue weighted by molar-refractivity contribution is 0.266. The Balaban J connectivity index is 2.21. The first kappa shape index (κ1) is 14.1. The monoisotopic (exact) mass is 264 g/mol. The standard InChI is InChI=1S/C14H24N4O/c1-4-10(2)15-13-8-14(17-11(3)16-13)18-7-5-6-12(18)9-19/h8,10,12,19H,4-7,9H2,1-3H3,(H,15,16,17). The summed E-state index contributed by atoms with van der Waals surface area (Å²) in [6.07, 6.45) is 3.21. The zero-order chi connectivity index (χ0) is 13.8. The minimum absolute atomic E-state index is 0.192. The molecule has 2 rings (SSSR count). The molecule has 1 aromatic rings. The third-order valence-electron chi connectivity index (χ3n) is 3.71. The molecule has 106 valence electrons. The molecule has 0 aliphatic carbocycles. The Kier molecular flexibility index (Phi) is 4.58. The van der Waals surface area contributed by atoms with Crippen LogP contribution in [-0.2, 0) is 0 Å². The molecule has 1 aliphatic heterocycles. The number of nitrogens with one attached hydrogen (secondary N) is 1. The molecule has 0 bridgehead atoms.